The first-order valence-electron chi connectivity index (χ1n) is 6.70. The molecule has 1 heterocycles. The summed E-state index contributed by atoms with van der Waals surface area (Å²) in [5, 5.41) is 22.3. The number of carbonyl (C=O) groups is 2. The number of hydrogen-bond acceptors (Lipinski definition) is 5. The van der Waals surface area contributed by atoms with E-state index in [4.69, 9.17) is 5.11 Å². The van der Waals surface area contributed by atoms with E-state index in [1.54, 1.807) is 6.92 Å². The largest absolute Gasteiger partial charge is 0.477 e. The molecule has 8 nitrogen and oxygen atoms in total. The van der Waals surface area contributed by atoms with E-state index in [0.29, 0.717) is 17.7 Å². The van der Waals surface area contributed by atoms with Crippen LogP contribution in [0.2, 0.25) is 0 Å². The van der Waals surface area contributed by atoms with Crippen molar-refractivity contribution in [2.75, 3.05) is 6.54 Å². The van der Waals surface area contributed by atoms with Crippen molar-refractivity contribution in [1.29, 1.82) is 0 Å². The molecule has 0 saturated heterocycles. The fourth-order valence-electron chi connectivity index (χ4n) is 1.95. The number of carboxylic acid groups (broad SMARTS) is 1. The molecule has 0 aliphatic rings. The quantitative estimate of drug-likeness (QED) is 0.643. The molecule has 0 atom stereocenters. The number of nitrogens with zero attached hydrogens (tertiary/aromatic N) is 2. The molecule has 2 N–H and O–H groups in total. The van der Waals surface area contributed by atoms with Crippen molar-refractivity contribution >= 4 is 17.6 Å². The summed E-state index contributed by atoms with van der Waals surface area (Å²) in [5.41, 5.74) is 0.604. The Morgan fingerprint density at radius 2 is 1.78 bits per heavy atom. The molecule has 118 valence electrons. The van der Waals surface area contributed by atoms with Gasteiger partial charge in [0.25, 0.3) is 11.6 Å². The van der Waals surface area contributed by atoms with Crippen LogP contribution in [0.1, 0.15) is 27.9 Å². The van der Waals surface area contributed by atoms with Gasteiger partial charge in [0.05, 0.1) is 4.92 Å². The number of pyridine rings is 1. The maximum absolute atomic E-state index is 11.9. The third-order valence-corrected chi connectivity index (χ3v) is 3.03. The van der Waals surface area contributed by atoms with E-state index in [-0.39, 0.29) is 17.1 Å². The molecule has 0 saturated carbocycles. The van der Waals surface area contributed by atoms with Crippen LogP contribution in [-0.4, -0.2) is 33.4 Å². The number of amides is 1. The van der Waals surface area contributed by atoms with E-state index in [2.05, 4.69) is 10.3 Å². The third kappa shape index (κ3) is 3.67. The van der Waals surface area contributed by atoms with Gasteiger partial charge >= 0.3 is 5.97 Å². The lowest BCUT2D eigenvalue weighted by atomic mass is 10.0. The topological polar surface area (TPSA) is 122 Å². The first-order chi connectivity index (χ1) is 10.9. The summed E-state index contributed by atoms with van der Waals surface area (Å²) in [4.78, 5) is 37.0. The number of hydrogen-bond donors (Lipinski definition) is 2. The van der Waals surface area contributed by atoms with Crippen molar-refractivity contribution in [2.45, 2.75) is 6.92 Å². The number of nitro benzene ring substituents is 1. The lowest BCUT2D eigenvalue weighted by molar-refractivity contribution is -0.384. The van der Waals surface area contributed by atoms with Gasteiger partial charge in [-0.05, 0) is 42.3 Å². The molecule has 2 rings (SSSR count). The molecule has 0 fully saturated rings. The first kappa shape index (κ1) is 16.1. The van der Waals surface area contributed by atoms with Crippen LogP contribution in [0, 0.1) is 10.1 Å². The molecule has 0 radical (unpaired) electrons. The van der Waals surface area contributed by atoms with E-state index in [9.17, 15) is 19.7 Å². The number of carboxylic acids is 1. The Bertz CT molecular complexity index is 771. The fraction of sp³-hybridized carbons (Fsp3) is 0.133. The van der Waals surface area contributed by atoms with Crippen molar-refractivity contribution in [3.05, 3.63) is 57.9 Å². The Labute approximate surface area is 130 Å². The monoisotopic (exact) mass is 315 g/mol. The first-order valence-corrected chi connectivity index (χ1v) is 6.70. The van der Waals surface area contributed by atoms with Gasteiger partial charge in [0, 0.05) is 18.7 Å². The highest BCUT2D eigenvalue weighted by Gasteiger charge is 2.15. The lowest BCUT2D eigenvalue weighted by Crippen LogP contribution is -2.24. The Morgan fingerprint density at radius 1 is 1.17 bits per heavy atom. The number of carbonyl (C=O) groups excluding carboxylic acids is 1. The lowest BCUT2D eigenvalue weighted by Gasteiger charge is -2.07. The Kier molecular flexibility index (Phi) is 4.65. The minimum absolute atomic E-state index is 0.0277. The smallest absolute Gasteiger partial charge is 0.354 e. The second kappa shape index (κ2) is 6.65. The summed E-state index contributed by atoms with van der Waals surface area (Å²) in [5.74, 6) is -1.75. The standard InChI is InChI=1S/C15H13N3O5/c1-2-16-14(19)12-7-10(8-13(17-12)15(20)21)9-3-5-11(6-4-9)18(22)23/h3-8H,2H2,1H3,(H,16,19)(H,20,21). The van der Waals surface area contributed by atoms with Crippen molar-refractivity contribution < 1.29 is 19.6 Å². The minimum Gasteiger partial charge on any atom is -0.477 e. The Morgan fingerprint density at radius 3 is 2.30 bits per heavy atom. The van der Waals surface area contributed by atoms with Gasteiger partial charge in [0.1, 0.15) is 11.4 Å². The van der Waals surface area contributed by atoms with Crippen LogP contribution in [-0.2, 0) is 0 Å². The minimum atomic E-state index is -1.26. The average Bonchev–Trinajstić information content (AvgIpc) is 2.54. The molecule has 0 spiro atoms. The molecule has 2 aromatic rings. The molecule has 0 bridgehead atoms. The molecule has 23 heavy (non-hydrogen) atoms. The zero-order valence-electron chi connectivity index (χ0n) is 12.1. The summed E-state index contributed by atoms with van der Waals surface area (Å²) in [6.07, 6.45) is 0. The van der Waals surface area contributed by atoms with Crippen LogP contribution in [0.15, 0.2) is 36.4 Å². The van der Waals surface area contributed by atoms with Gasteiger partial charge in [-0.3, -0.25) is 14.9 Å². The zero-order valence-corrected chi connectivity index (χ0v) is 12.1. The van der Waals surface area contributed by atoms with Crippen LogP contribution >= 0.6 is 0 Å². The van der Waals surface area contributed by atoms with Gasteiger partial charge in [-0.25, -0.2) is 9.78 Å². The van der Waals surface area contributed by atoms with Crippen LogP contribution in [0.5, 0.6) is 0 Å². The van der Waals surface area contributed by atoms with Gasteiger partial charge < -0.3 is 10.4 Å². The van der Waals surface area contributed by atoms with Gasteiger partial charge in [0.15, 0.2) is 0 Å². The van der Waals surface area contributed by atoms with Gasteiger partial charge in [0.2, 0.25) is 0 Å². The molecule has 0 unspecified atom stereocenters. The molecular formula is C15H13N3O5. The molecular weight excluding hydrogens is 302 g/mol. The number of nitrogens with one attached hydrogen (secondary N) is 1. The predicted octanol–water partition coefficient (Wildman–Crippen LogP) is 2.10. The van der Waals surface area contributed by atoms with Gasteiger partial charge in [-0.15, -0.1) is 0 Å². The molecule has 0 aliphatic heterocycles. The Hall–Kier alpha value is -3.29. The summed E-state index contributed by atoms with van der Waals surface area (Å²) in [7, 11) is 0. The van der Waals surface area contributed by atoms with Crippen molar-refractivity contribution in [2.24, 2.45) is 0 Å². The highest BCUT2D eigenvalue weighted by Crippen LogP contribution is 2.24. The van der Waals surface area contributed by atoms with Crippen LogP contribution in [0.4, 0.5) is 5.69 Å². The van der Waals surface area contributed by atoms with Gasteiger partial charge in [-0.1, -0.05) is 0 Å². The van der Waals surface area contributed by atoms with Crippen LogP contribution in [0.3, 0.4) is 0 Å². The summed E-state index contributed by atoms with van der Waals surface area (Å²) in [6.45, 7) is 2.11. The van der Waals surface area contributed by atoms with E-state index in [0.717, 1.165) is 0 Å². The molecule has 1 aromatic heterocycles. The van der Waals surface area contributed by atoms with Crippen LogP contribution in [0.25, 0.3) is 11.1 Å². The van der Waals surface area contributed by atoms with Crippen molar-refractivity contribution in [3.8, 4) is 11.1 Å². The second-order valence-electron chi connectivity index (χ2n) is 4.59. The number of benzene rings is 1. The van der Waals surface area contributed by atoms with E-state index in [1.165, 1.54) is 36.4 Å². The second-order valence-corrected chi connectivity index (χ2v) is 4.59. The summed E-state index contributed by atoms with van der Waals surface area (Å²) in [6, 6.07) is 8.34. The Balaban J connectivity index is 2.50. The number of non-ortho nitro benzene ring substituents is 1. The summed E-state index contributed by atoms with van der Waals surface area (Å²) < 4.78 is 0. The molecule has 0 aliphatic carbocycles. The predicted molar refractivity (Wildman–Crippen MR) is 81.3 cm³/mol. The summed E-state index contributed by atoms with van der Waals surface area (Å²) >= 11 is 0. The SMILES string of the molecule is CCNC(=O)c1cc(-c2ccc([N+](=O)[O-])cc2)cc(C(=O)O)n1. The average molecular weight is 315 g/mol. The zero-order chi connectivity index (χ0) is 17.0. The van der Waals surface area contributed by atoms with E-state index < -0.39 is 16.8 Å². The third-order valence-electron chi connectivity index (χ3n) is 3.03. The highest BCUT2D eigenvalue weighted by molar-refractivity contribution is 5.96. The molecule has 8 heteroatoms. The normalized spacial score (nSPS) is 10.1. The van der Waals surface area contributed by atoms with E-state index in [1.807, 2.05) is 0 Å². The number of rotatable bonds is 5. The number of nitro groups is 1. The van der Waals surface area contributed by atoms with E-state index >= 15 is 0 Å². The van der Waals surface area contributed by atoms with Crippen LogP contribution < -0.4 is 5.32 Å². The van der Waals surface area contributed by atoms with Gasteiger partial charge in [-0.2, -0.15) is 0 Å². The van der Waals surface area contributed by atoms with Crippen molar-refractivity contribution in [3.63, 3.8) is 0 Å². The van der Waals surface area contributed by atoms with Crippen molar-refractivity contribution in [1.82, 2.24) is 10.3 Å². The molecule has 1 amide bonds. The molecule has 1 aromatic carbocycles. The highest BCUT2D eigenvalue weighted by atomic mass is 16.6. The maximum atomic E-state index is 11.9. The number of aromatic carboxylic acids is 1. The number of aromatic nitrogens is 1. The fourth-order valence-corrected chi connectivity index (χ4v) is 1.95. The maximum Gasteiger partial charge on any atom is 0.354 e.